The first kappa shape index (κ1) is 14.8. The molecule has 2 aromatic carbocycles. The maximum Gasteiger partial charge on any atom is 0.166 e. The van der Waals surface area contributed by atoms with Crippen LogP contribution < -0.4 is 10.6 Å². The van der Waals surface area contributed by atoms with Crippen LogP contribution in [0.3, 0.4) is 0 Å². The number of nitrogens with one attached hydrogen (secondary N) is 2. The van der Waals surface area contributed by atoms with E-state index in [1.54, 1.807) is 12.1 Å². The van der Waals surface area contributed by atoms with Gasteiger partial charge in [0.05, 0.1) is 0 Å². The number of benzene rings is 2. The Labute approximate surface area is 128 Å². The number of hydrogen-bond donors (Lipinski definition) is 2. The Morgan fingerprint density at radius 1 is 1.00 bits per heavy atom. The third kappa shape index (κ3) is 4.47. The summed E-state index contributed by atoms with van der Waals surface area (Å²) in [5, 5.41) is 7.39. The van der Waals surface area contributed by atoms with Gasteiger partial charge in [0.1, 0.15) is 5.82 Å². The van der Waals surface area contributed by atoms with Gasteiger partial charge in [0.2, 0.25) is 0 Å². The third-order valence-electron chi connectivity index (χ3n) is 2.76. The van der Waals surface area contributed by atoms with Gasteiger partial charge in [-0.05, 0) is 41.5 Å². The van der Waals surface area contributed by atoms with Gasteiger partial charge in [0.15, 0.2) is 5.11 Å². The van der Waals surface area contributed by atoms with E-state index in [9.17, 15) is 4.39 Å². The van der Waals surface area contributed by atoms with Crippen molar-refractivity contribution in [1.82, 2.24) is 10.6 Å². The van der Waals surface area contributed by atoms with Crippen molar-refractivity contribution < 1.29 is 4.39 Å². The minimum Gasteiger partial charge on any atom is -0.359 e. The van der Waals surface area contributed by atoms with Crippen LogP contribution >= 0.6 is 23.8 Å². The summed E-state index contributed by atoms with van der Waals surface area (Å²) in [5.41, 5.74) is 1.95. The summed E-state index contributed by atoms with van der Waals surface area (Å²) >= 11 is 11.2. The molecule has 0 atom stereocenters. The summed E-state index contributed by atoms with van der Waals surface area (Å²) in [6.45, 7) is 1.11. The molecule has 5 heteroatoms. The predicted octanol–water partition coefficient (Wildman–Crippen LogP) is 3.64. The van der Waals surface area contributed by atoms with Crippen LogP contribution in [0, 0.1) is 5.82 Å². The number of rotatable bonds is 4. The topological polar surface area (TPSA) is 24.1 Å². The van der Waals surface area contributed by atoms with Gasteiger partial charge in [-0.25, -0.2) is 4.39 Å². The molecule has 0 aliphatic rings. The van der Waals surface area contributed by atoms with E-state index < -0.39 is 0 Å². The first-order chi connectivity index (χ1) is 9.65. The van der Waals surface area contributed by atoms with Gasteiger partial charge in [-0.1, -0.05) is 41.9 Å². The first-order valence-electron chi connectivity index (χ1n) is 6.15. The van der Waals surface area contributed by atoms with E-state index in [-0.39, 0.29) is 5.82 Å². The van der Waals surface area contributed by atoms with Gasteiger partial charge < -0.3 is 10.6 Å². The van der Waals surface area contributed by atoms with E-state index in [4.69, 9.17) is 23.8 Å². The molecular formula is C15H14ClFN2S. The average molecular weight is 309 g/mol. The average Bonchev–Trinajstić information content (AvgIpc) is 2.46. The maximum atomic E-state index is 12.8. The van der Waals surface area contributed by atoms with Crippen molar-refractivity contribution in [3.8, 4) is 0 Å². The quantitative estimate of drug-likeness (QED) is 0.843. The van der Waals surface area contributed by atoms with Gasteiger partial charge in [0, 0.05) is 18.1 Å². The lowest BCUT2D eigenvalue weighted by molar-refractivity contribution is 0.626. The lowest BCUT2D eigenvalue weighted by Gasteiger charge is -2.11. The zero-order valence-corrected chi connectivity index (χ0v) is 12.3. The van der Waals surface area contributed by atoms with E-state index in [0.717, 1.165) is 11.1 Å². The third-order valence-corrected chi connectivity index (χ3v) is 3.42. The largest absolute Gasteiger partial charge is 0.359 e. The first-order valence-corrected chi connectivity index (χ1v) is 6.93. The fraction of sp³-hybridized carbons (Fsp3) is 0.133. The van der Waals surface area contributed by atoms with E-state index in [1.165, 1.54) is 12.1 Å². The van der Waals surface area contributed by atoms with Crippen LogP contribution in [0.15, 0.2) is 48.5 Å². The molecule has 104 valence electrons. The van der Waals surface area contributed by atoms with Crippen molar-refractivity contribution in [2.75, 3.05) is 0 Å². The number of thiocarbonyl (C=S) groups is 1. The fourth-order valence-corrected chi connectivity index (χ4v) is 2.01. The molecule has 0 aromatic heterocycles. The monoisotopic (exact) mass is 308 g/mol. The molecule has 0 heterocycles. The van der Waals surface area contributed by atoms with E-state index in [0.29, 0.717) is 23.2 Å². The minimum atomic E-state index is -0.242. The van der Waals surface area contributed by atoms with Crippen LogP contribution in [0.25, 0.3) is 0 Å². The molecule has 2 nitrogen and oxygen atoms in total. The van der Waals surface area contributed by atoms with Crippen molar-refractivity contribution in [1.29, 1.82) is 0 Å². The Kier molecular flexibility index (Phi) is 5.32. The molecule has 0 saturated carbocycles. The minimum absolute atomic E-state index is 0.242. The van der Waals surface area contributed by atoms with Gasteiger partial charge in [0.25, 0.3) is 0 Å². The van der Waals surface area contributed by atoms with Gasteiger partial charge in [-0.15, -0.1) is 0 Å². The van der Waals surface area contributed by atoms with Gasteiger partial charge in [-0.3, -0.25) is 0 Å². The van der Waals surface area contributed by atoms with Crippen LogP contribution in [0.1, 0.15) is 11.1 Å². The summed E-state index contributed by atoms with van der Waals surface area (Å²) in [7, 11) is 0. The second kappa shape index (κ2) is 7.22. The molecule has 0 aliphatic heterocycles. The summed E-state index contributed by atoms with van der Waals surface area (Å²) in [4.78, 5) is 0. The summed E-state index contributed by atoms with van der Waals surface area (Å²) < 4.78 is 12.8. The van der Waals surface area contributed by atoms with Crippen molar-refractivity contribution in [3.63, 3.8) is 0 Å². The van der Waals surface area contributed by atoms with E-state index in [2.05, 4.69) is 10.6 Å². The lowest BCUT2D eigenvalue weighted by atomic mass is 10.2. The van der Waals surface area contributed by atoms with Crippen LogP contribution in [-0.4, -0.2) is 5.11 Å². The Hall–Kier alpha value is -1.65. The molecule has 0 unspecified atom stereocenters. The molecule has 2 aromatic rings. The van der Waals surface area contributed by atoms with Crippen LogP contribution in [0.5, 0.6) is 0 Å². The second-order valence-electron chi connectivity index (χ2n) is 4.25. The molecule has 0 saturated heterocycles. The van der Waals surface area contributed by atoms with Crippen molar-refractivity contribution in [2.45, 2.75) is 13.1 Å². The fourth-order valence-electron chi connectivity index (χ4n) is 1.66. The van der Waals surface area contributed by atoms with Crippen LogP contribution in [0.2, 0.25) is 5.02 Å². The molecular weight excluding hydrogens is 295 g/mol. The molecule has 0 aliphatic carbocycles. The molecule has 0 spiro atoms. The Morgan fingerprint density at radius 2 is 1.65 bits per heavy atom. The van der Waals surface area contributed by atoms with Crippen LogP contribution in [0.4, 0.5) is 4.39 Å². The highest BCUT2D eigenvalue weighted by Crippen LogP contribution is 2.14. The van der Waals surface area contributed by atoms with E-state index in [1.807, 2.05) is 24.3 Å². The molecule has 0 amide bonds. The molecule has 20 heavy (non-hydrogen) atoms. The molecule has 0 radical (unpaired) electrons. The highest BCUT2D eigenvalue weighted by Gasteiger charge is 2.01. The van der Waals surface area contributed by atoms with Crippen molar-refractivity contribution in [2.24, 2.45) is 0 Å². The highest BCUT2D eigenvalue weighted by atomic mass is 35.5. The highest BCUT2D eigenvalue weighted by molar-refractivity contribution is 7.80. The van der Waals surface area contributed by atoms with Gasteiger partial charge in [-0.2, -0.15) is 0 Å². The van der Waals surface area contributed by atoms with Crippen LogP contribution in [-0.2, 0) is 13.1 Å². The summed E-state index contributed by atoms with van der Waals surface area (Å²) in [5.74, 6) is -0.242. The lowest BCUT2D eigenvalue weighted by Crippen LogP contribution is -2.34. The van der Waals surface area contributed by atoms with Crippen molar-refractivity contribution in [3.05, 3.63) is 70.5 Å². The smallest absolute Gasteiger partial charge is 0.166 e. The molecule has 0 fully saturated rings. The Bertz CT molecular complexity index is 587. The zero-order chi connectivity index (χ0) is 14.4. The Morgan fingerprint density at radius 3 is 2.35 bits per heavy atom. The molecule has 0 bridgehead atoms. The molecule has 2 N–H and O–H groups in total. The predicted molar refractivity (Wildman–Crippen MR) is 84.1 cm³/mol. The SMILES string of the molecule is Fc1ccc(CNC(=S)NCc2ccccc2Cl)cc1. The summed E-state index contributed by atoms with van der Waals surface area (Å²) in [6, 6.07) is 13.9. The van der Waals surface area contributed by atoms with Gasteiger partial charge >= 0.3 is 0 Å². The standard InChI is InChI=1S/C15H14ClFN2S/c16-14-4-2-1-3-12(14)10-19-15(20)18-9-11-5-7-13(17)8-6-11/h1-8H,9-10H2,(H2,18,19,20). The Balaban J connectivity index is 1.78. The van der Waals surface area contributed by atoms with E-state index >= 15 is 0 Å². The second-order valence-corrected chi connectivity index (χ2v) is 5.07. The maximum absolute atomic E-state index is 12.8. The summed E-state index contributed by atoms with van der Waals surface area (Å²) in [6.07, 6.45) is 0. The number of halogens is 2. The molecule has 2 rings (SSSR count). The zero-order valence-electron chi connectivity index (χ0n) is 10.7. The number of hydrogen-bond acceptors (Lipinski definition) is 1. The normalized spacial score (nSPS) is 10.1. The van der Waals surface area contributed by atoms with Crippen molar-refractivity contribution >= 4 is 28.9 Å².